The summed E-state index contributed by atoms with van der Waals surface area (Å²) in [6.07, 6.45) is -2.40. The molecule has 11 heteroatoms. The predicted octanol–water partition coefficient (Wildman–Crippen LogP) is 6.08. The summed E-state index contributed by atoms with van der Waals surface area (Å²) in [5.41, 5.74) is 0.351. The van der Waals surface area contributed by atoms with E-state index < -0.39 is 36.3 Å². The maximum atomic E-state index is 13.4. The molecular weight excluding hydrogens is 495 g/mol. The van der Waals surface area contributed by atoms with Gasteiger partial charge in [-0.15, -0.1) is 0 Å². The zero-order valence-corrected chi connectivity index (χ0v) is 20.4. The molecule has 1 amide bonds. The summed E-state index contributed by atoms with van der Waals surface area (Å²) in [5.74, 6) is -0.826. The summed E-state index contributed by atoms with van der Waals surface area (Å²) in [6, 6.07) is 11.0. The van der Waals surface area contributed by atoms with Gasteiger partial charge in [0.2, 0.25) is 5.91 Å². The largest absolute Gasteiger partial charge is 0.435 e. The number of carbonyl (C=O) groups excluding carboxylic acids is 1. The number of ether oxygens (including phenoxy) is 1. The quantitative estimate of drug-likeness (QED) is 0.385. The van der Waals surface area contributed by atoms with E-state index in [4.69, 9.17) is 0 Å². The van der Waals surface area contributed by atoms with Crippen LogP contribution in [0.1, 0.15) is 56.0 Å². The number of nitrogens with one attached hydrogen (secondary N) is 2. The van der Waals surface area contributed by atoms with Gasteiger partial charge in [-0.05, 0) is 75.2 Å². The summed E-state index contributed by atoms with van der Waals surface area (Å²) in [6.45, 7) is 2.98. The second kappa shape index (κ2) is 10.1. The smallest absolute Gasteiger partial charge is 0.416 e. The van der Waals surface area contributed by atoms with Gasteiger partial charge in [0.15, 0.2) is 0 Å². The highest BCUT2D eigenvalue weighted by Crippen LogP contribution is 2.41. The number of alkyl halides is 5. The number of hydrogen-bond donors (Lipinski definition) is 2. The minimum Gasteiger partial charge on any atom is -0.435 e. The average Bonchev–Trinajstić information content (AvgIpc) is 3.47. The van der Waals surface area contributed by atoms with Crippen molar-refractivity contribution in [2.45, 2.75) is 63.5 Å². The summed E-state index contributed by atoms with van der Waals surface area (Å²) >= 11 is 0. The minimum atomic E-state index is -4.51. The Bertz CT molecular complexity index is 1230. The maximum Gasteiger partial charge on any atom is 0.416 e. The van der Waals surface area contributed by atoms with Crippen LogP contribution in [0.15, 0.2) is 60.8 Å². The van der Waals surface area contributed by atoms with Crippen LogP contribution in [0.5, 0.6) is 5.75 Å². The van der Waals surface area contributed by atoms with E-state index in [1.54, 1.807) is 10.7 Å². The Morgan fingerprint density at radius 2 is 1.81 bits per heavy atom. The number of halogens is 5. The molecule has 0 saturated carbocycles. The van der Waals surface area contributed by atoms with Crippen molar-refractivity contribution in [3.63, 3.8) is 0 Å². The Morgan fingerprint density at radius 3 is 2.41 bits per heavy atom. The van der Waals surface area contributed by atoms with E-state index >= 15 is 0 Å². The van der Waals surface area contributed by atoms with E-state index in [0.717, 1.165) is 12.1 Å². The Morgan fingerprint density at radius 1 is 1.11 bits per heavy atom. The molecule has 3 aromatic rings. The van der Waals surface area contributed by atoms with Crippen molar-refractivity contribution >= 4 is 11.6 Å². The van der Waals surface area contributed by atoms with Crippen molar-refractivity contribution in [1.82, 2.24) is 15.1 Å². The highest BCUT2D eigenvalue weighted by molar-refractivity contribution is 5.95. The van der Waals surface area contributed by atoms with Crippen LogP contribution >= 0.6 is 0 Å². The number of aromatic nitrogens is 2. The molecule has 2 aromatic carbocycles. The first-order chi connectivity index (χ1) is 17.3. The third-order valence-electron chi connectivity index (χ3n) is 6.19. The number of rotatable bonds is 6. The summed E-state index contributed by atoms with van der Waals surface area (Å²) in [7, 11) is 0. The van der Waals surface area contributed by atoms with Crippen LogP contribution in [0.3, 0.4) is 0 Å². The third kappa shape index (κ3) is 6.27. The lowest BCUT2D eigenvalue weighted by atomic mass is 9.90. The molecule has 0 radical (unpaired) electrons. The normalized spacial score (nSPS) is 20.3. The highest BCUT2D eigenvalue weighted by Gasteiger charge is 2.41. The van der Waals surface area contributed by atoms with Gasteiger partial charge in [-0.25, -0.2) is 0 Å². The van der Waals surface area contributed by atoms with Crippen molar-refractivity contribution in [1.29, 1.82) is 0 Å². The van der Waals surface area contributed by atoms with E-state index in [1.165, 1.54) is 30.3 Å². The molecule has 2 N–H and O–H groups in total. The van der Waals surface area contributed by atoms with Gasteiger partial charge in [-0.2, -0.15) is 27.1 Å². The lowest BCUT2D eigenvalue weighted by molar-refractivity contribution is -0.137. The first-order valence-electron chi connectivity index (χ1n) is 11.7. The van der Waals surface area contributed by atoms with Crippen molar-refractivity contribution in [3.05, 3.63) is 77.6 Å². The van der Waals surface area contributed by atoms with Crippen molar-refractivity contribution in [2.24, 2.45) is 0 Å². The topological polar surface area (TPSA) is 68.2 Å². The molecule has 37 heavy (non-hydrogen) atoms. The van der Waals surface area contributed by atoms with Gasteiger partial charge in [-0.1, -0.05) is 12.1 Å². The molecular formula is C26H27F5N4O2. The van der Waals surface area contributed by atoms with Crippen molar-refractivity contribution < 1.29 is 31.5 Å². The molecule has 1 aliphatic heterocycles. The number of carbonyl (C=O) groups is 1. The zero-order chi connectivity index (χ0) is 27.0. The predicted molar refractivity (Wildman–Crippen MR) is 127 cm³/mol. The van der Waals surface area contributed by atoms with Crippen LogP contribution in [0.2, 0.25) is 0 Å². The molecule has 2 heterocycles. The van der Waals surface area contributed by atoms with E-state index in [2.05, 4.69) is 20.5 Å². The molecule has 1 fully saturated rings. The van der Waals surface area contributed by atoms with Gasteiger partial charge >= 0.3 is 12.8 Å². The monoisotopic (exact) mass is 522 g/mol. The molecule has 1 saturated heterocycles. The molecule has 3 atom stereocenters. The molecule has 0 bridgehead atoms. The number of nitrogens with zero attached hydrogens (tertiary/aromatic N) is 2. The Hall–Kier alpha value is -3.47. The highest BCUT2D eigenvalue weighted by atomic mass is 19.4. The average molecular weight is 523 g/mol. The molecule has 1 aliphatic rings. The lowest BCUT2D eigenvalue weighted by Crippen LogP contribution is -2.36. The fourth-order valence-corrected chi connectivity index (χ4v) is 4.36. The molecule has 0 spiro atoms. The summed E-state index contributed by atoms with van der Waals surface area (Å²) < 4.78 is 71.1. The van der Waals surface area contributed by atoms with Crippen LogP contribution in [-0.2, 0) is 16.5 Å². The Balaban J connectivity index is 1.59. The van der Waals surface area contributed by atoms with E-state index in [1.807, 2.05) is 33.0 Å². The van der Waals surface area contributed by atoms with Gasteiger partial charge in [0.05, 0.1) is 22.8 Å². The van der Waals surface area contributed by atoms with Gasteiger partial charge < -0.3 is 10.1 Å². The van der Waals surface area contributed by atoms with Gasteiger partial charge in [0.25, 0.3) is 0 Å². The third-order valence-corrected chi connectivity index (χ3v) is 6.19. The Kier molecular flexibility index (Phi) is 7.27. The zero-order valence-electron chi connectivity index (χ0n) is 20.4. The van der Waals surface area contributed by atoms with Crippen LogP contribution in [0.25, 0.3) is 0 Å². The van der Waals surface area contributed by atoms with Gasteiger partial charge in [0.1, 0.15) is 5.75 Å². The van der Waals surface area contributed by atoms with Crippen LogP contribution < -0.4 is 15.4 Å². The summed E-state index contributed by atoms with van der Waals surface area (Å²) in [5, 5.41) is 10.6. The first-order valence-corrected chi connectivity index (χ1v) is 11.7. The maximum absolute atomic E-state index is 13.4. The van der Waals surface area contributed by atoms with Gasteiger partial charge in [0, 0.05) is 23.8 Å². The van der Waals surface area contributed by atoms with Crippen molar-refractivity contribution in [3.8, 4) is 5.75 Å². The second-order valence-electron chi connectivity index (χ2n) is 9.91. The fourth-order valence-electron chi connectivity index (χ4n) is 4.36. The molecule has 4 rings (SSSR count). The first kappa shape index (κ1) is 26.6. The Labute approximate surface area is 210 Å². The standard InChI is InChI=1S/C26H27F5N4O2/c1-25(2,3)35-12-11-20(34-35)19-14-21(23(36)32-17-7-9-18(10-8-17)37-24(27)28)33-22(19)15-5-4-6-16(13-15)26(29,30)31/h4-13,19,21-22,24,33H,14H2,1-3H3,(H,32,36)/t19-,21+,22+/m1/s1. The fraction of sp³-hybridized carbons (Fsp3) is 0.385. The SMILES string of the molecule is CC(C)(C)n1ccc([C@H]2C[C@@H](C(=O)Nc3ccc(OC(F)F)cc3)N[C@H]2c2cccc(C(F)(F)F)c2)n1. The van der Waals surface area contributed by atoms with Crippen LogP contribution in [0, 0.1) is 0 Å². The number of hydrogen-bond acceptors (Lipinski definition) is 4. The minimum absolute atomic E-state index is 0.0499. The molecule has 6 nitrogen and oxygen atoms in total. The molecule has 0 aliphatic carbocycles. The molecule has 198 valence electrons. The molecule has 0 unspecified atom stereocenters. The number of amides is 1. The summed E-state index contributed by atoms with van der Waals surface area (Å²) in [4.78, 5) is 13.1. The van der Waals surface area contributed by atoms with Crippen LogP contribution in [-0.4, -0.2) is 28.3 Å². The van der Waals surface area contributed by atoms with E-state index in [-0.39, 0.29) is 17.2 Å². The molecule has 1 aromatic heterocycles. The lowest BCUT2D eigenvalue weighted by Gasteiger charge is -2.21. The number of anilines is 1. The van der Waals surface area contributed by atoms with Gasteiger partial charge in [-0.3, -0.25) is 14.8 Å². The number of benzene rings is 2. The van der Waals surface area contributed by atoms with Crippen molar-refractivity contribution in [2.75, 3.05) is 5.32 Å². The van der Waals surface area contributed by atoms with E-state index in [0.29, 0.717) is 23.4 Å². The van der Waals surface area contributed by atoms with Crippen LogP contribution in [0.4, 0.5) is 27.6 Å². The second-order valence-corrected chi connectivity index (χ2v) is 9.91. The van der Waals surface area contributed by atoms with E-state index in [9.17, 15) is 26.7 Å².